The van der Waals surface area contributed by atoms with Crippen molar-refractivity contribution in [2.24, 2.45) is 0 Å². The number of anilines is 1. The summed E-state index contributed by atoms with van der Waals surface area (Å²) in [6.07, 6.45) is 0. The zero-order valence-corrected chi connectivity index (χ0v) is 12.0. The van der Waals surface area contributed by atoms with Gasteiger partial charge in [0.2, 0.25) is 0 Å². The smallest absolute Gasteiger partial charge is 0.423 e. The maximum atomic E-state index is 13.3. The van der Waals surface area contributed by atoms with Gasteiger partial charge in [0.05, 0.1) is 15.7 Å². The van der Waals surface area contributed by atoms with Gasteiger partial charge in [-0.3, -0.25) is 4.79 Å². The lowest BCUT2D eigenvalue weighted by Gasteiger charge is -2.10. The number of carbonyl (C=O) groups is 1. The molecule has 1 amide bonds. The molecular weight excluding hydrogens is 319 g/mol. The van der Waals surface area contributed by atoms with E-state index in [-0.39, 0.29) is 21.3 Å². The van der Waals surface area contributed by atoms with Gasteiger partial charge >= 0.3 is 7.12 Å². The van der Waals surface area contributed by atoms with Gasteiger partial charge in [-0.2, -0.15) is 0 Å². The molecule has 0 saturated heterocycles. The van der Waals surface area contributed by atoms with Crippen LogP contribution in [0.25, 0.3) is 0 Å². The molecule has 0 aliphatic heterocycles. The molecule has 2 aromatic rings. The standard InChI is InChI=1S/C13H9BCl2FNO3/c15-9-2-1-3-10(16)12(9)18-13(19)7-4-5-11(17)8(6-7)14(20)21/h1-6,20-21H,(H,18,19). The Morgan fingerprint density at radius 2 is 1.76 bits per heavy atom. The van der Waals surface area contributed by atoms with E-state index in [4.69, 9.17) is 33.2 Å². The molecule has 0 fully saturated rings. The Kier molecular flexibility index (Phi) is 4.85. The number of benzene rings is 2. The summed E-state index contributed by atoms with van der Waals surface area (Å²) in [6.45, 7) is 0. The number of hydrogen-bond donors (Lipinski definition) is 3. The average Bonchev–Trinajstić information content (AvgIpc) is 2.43. The van der Waals surface area contributed by atoms with E-state index in [1.807, 2.05) is 0 Å². The molecule has 0 bridgehead atoms. The van der Waals surface area contributed by atoms with Crippen molar-refractivity contribution < 1.29 is 19.2 Å². The number of rotatable bonds is 3. The largest absolute Gasteiger partial charge is 0.491 e. The molecule has 108 valence electrons. The molecule has 0 unspecified atom stereocenters. The Bertz CT molecular complexity index is 677. The molecule has 3 N–H and O–H groups in total. The van der Waals surface area contributed by atoms with Crippen molar-refractivity contribution in [3.05, 3.63) is 57.8 Å². The normalized spacial score (nSPS) is 10.3. The monoisotopic (exact) mass is 327 g/mol. The van der Waals surface area contributed by atoms with Crippen molar-refractivity contribution in [2.45, 2.75) is 0 Å². The molecular formula is C13H9BCl2FNO3. The second kappa shape index (κ2) is 6.45. The second-order valence-corrected chi connectivity index (χ2v) is 4.98. The minimum absolute atomic E-state index is 0.0375. The first-order chi connectivity index (χ1) is 9.90. The van der Waals surface area contributed by atoms with Gasteiger partial charge in [0.25, 0.3) is 5.91 Å². The SMILES string of the molecule is O=C(Nc1c(Cl)cccc1Cl)c1ccc(F)c(B(O)O)c1. The maximum absolute atomic E-state index is 13.3. The third-order valence-corrected chi connectivity index (χ3v) is 3.37. The predicted octanol–water partition coefficient (Wildman–Crippen LogP) is 2.06. The number of carbonyl (C=O) groups excluding carboxylic acids is 1. The van der Waals surface area contributed by atoms with E-state index in [0.717, 1.165) is 12.1 Å². The molecule has 4 nitrogen and oxygen atoms in total. The molecule has 0 saturated carbocycles. The lowest BCUT2D eigenvalue weighted by molar-refractivity contribution is 0.102. The van der Waals surface area contributed by atoms with Crippen LogP contribution in [-0.4, -0.2) is 23.1 Å². The molecule has 0 radical (unpaired) electrons. The summed E-state index contributed by atoms with van der Waals surface area (Å²) < 4.78 is 13.3. The second-order valence-electron chi connectivity index (χ2n) is 4.16. The fourth-order valence-electron chi connectivity index (χ4n) is 1.69. The Labute approximate surface area is 130 Å². The Balaban J connectivity index is 2.31. The third-order valence-electron chi connectivity index (χ3n) is 2.74. The molecule has 0 aromatic heterocycles. The van der Waals surface area contributed by atoms with E-state index in [1.165, 1.54) is 6.07 Å². The van der Waals surface area contributed by atoms with Crippen molar-refractivity contribution in [1.82, 2.24) is 0 Å². The number of amides is 1. The Hall–Kier alpha value is -1.60. The molecule has 2 aromatic carbocycles. The van der Waals surface area contributed by atoms with Crippen LogP contribution in [0.2, 0.25) is 10.0 Å². The van der Waals surface area contributed by atoms with E-state index in [0.29, 0.717) is 0 Å². The van der Waals surface area contributed by atoms with E-state index in [1.54, 1.807) is 18.2 Å². The molecule has 0 spiro atoms. The van der Waals surface area contributed by atoms with E-state index in [2.05, 4.69) is 5.32 Å². The van der Waals surface area contributed by atoms with Gasteiger partial charge in [-0.25, -0.2) is 4.39 Å². The lowest BCUT2D eigenvalue weighted by Crippen LogP contribution is -2.33. The summed E-state index contributed by atoms with van der Waals surface area (Å²) in [5, 5.41) is 21.1. The van der Waals surface area contributed by atoms with Gasteiger partial charge in [-0.15, -0.1) is 0 Å². The summed E-state index contributed by atoms with van der Waals surface area (Å²) in [4.78, 5) is 12.1. The summed E-state index contributed by atoms with van der Waals surface area (Å²) in [7, 11) is -2.01. The van der Waals surface area contributed by atoms with Crippen molar-refractivity contribution >= 4 is 47.4 Å². The Morgan fingerprint density at radius 3 is 2.33 bits per heavy atom. The van der Waals surface area contributed by atoms with Crippen LogP contribution in [0.15, 0.2) is 36.4 Å². The molecule has 0 aliphatic rings. The highest BCUT2D eigenvalue weighted by molar-refractivity contribution is 6.58. The molecule has 0 atom stereocenters. The summed E-state index contributed by atoms with van der Waals surface area (Å²) in [5.41, 5.74) is -0.135. The zero-order valence-electron chi connectivity index (χ0n) is 10.5. The topological polar surface area (TPSA) is 69.6 Å². The number of halogens is 3. The first-order valence-corrected chi connectivity index (χ1v) is 6.56. The van der Waals surface area contributed by atoms with Gasteiger partial charge in [-0.1, -0.05) is 29.3 Å². The maximum Gasteiger partial charge on any atom is 0.491 e. The third kappa shape index (κ3) is 3.54. The van der Waals surface area contributed by atoms with Crippen LogP contribution < -0.4 is 10.8 Å². The minimum Gasteiger partial charge on any atom is -0.423 e. The highest BCUT2D eigenvalue weighted by atomic mass is 35.5. The number of para-hydroxylation sites is 1. The zero-order chi connectivity index (χ0) is 15.6. The lowest BCUT2D eigenvalue weighted by atomic mass is 9.79. The van der Waals surface area contributed by atoms with Crippen molar-refractivity contribution in [1.29, 1.82) is 0 Å². The molecule has 21 heavy (non-hydrogen) atoms. The quantitative estimate of drug-likeness (QED) is 0.756. The van der Waals surface area contributed by atoms with E-state index in [9.17, 15) is 9.18 Å². The average molecular weight is 328 g/mol. The van der Waals surface area contributed by atoms with Gasteiger partial charge in [0.15, 0.2) is 0 Å². The van der Waals surface area contributed by atoms with Crippen LogP contribution in [0.3, 0.4) is 0 Å². The predicted molar refractivity (Wildman–Crippen MR) is 80.6 cm³/mol. The molecule has 0 aliphatic carbocycles. The Morgan fingerprint density at radius 1 is 1.14 bits per heavy atom. The van der Waals surface area contributed by atoms with Crippen molar-refractivity contribution in [2.75, 3.05) is 5.32 Å². The first-order valence-electron chi connectivity index (χ1n) is 5.81. The van der Waals surface area contributed by atoms with Gasteiger partial charge in [0.1, 0.15) is 5.82 Å². The number of hydrogen-bond acceptors (Lipinski definition) is 3. The molecule has 0 heterocycles. The highest BCUT2D eigenvalue weighted by Gasteiger charge is 2.19. The van der Waals surface area contributed by atoms with Crippen LogP contribution >= 0.6 is 23.2 Å². The van der Waals surface area contributed by atoms with Gasteiger partial charge in [0, 0.05) is 11.0 Å². The fourth-order valence-corrected chi connectivity index (χ4v) is 2.18. The molecule has 2 rings (SSSR count). The van der Waals surface area contributed by atoms with Gasteiger partial charge < -0.3 is 15.4 Å². The molecule has 8 heteroatoms. The van der Waals surface area contributed by atoms with E-state index >= 15 is 0 Å². The number of nitrogens with one attached hydrogen (secondary N) is 1. The van der Waals surface area contributed by atoms with Crippen molar-refractivity contribution in [3.63, 3.8) is 0 Å². The van der Waals surface area contributed by atoms with Crippen LogP contribution in [0.1, 0.15) is 10.4 Å². The van der Waals surface area contributed by atoms with Crippen LogP contribution in [-0.2, 0) is 0 Å². The fraction of sp³-hybridized carbons (Fsp3) is 0. The van der Waals surface area contributed by atoms with Crippen LogP contribution in [0, 0.1) is 5.82 Å². The summed E-state index contributed by atoms with van der Waals surface area (Å²) >= 11 is 11.9. The van der Waals surface area contributed by atoms with Crippen LogP contribution in [0.4, 0.5) is 10.1 Å². The summed E-state index contributed by atoms with van der Waals surface area (Å²) in [5.74, 6) is -1.43. The highest BCUT2D eigenvalue weighted by Crippen LogP contribution is 2.30. The van der Waals surface area contributed by atoms with E-state index < -0.39 is 24.3 Å². The minimum atomic E-state index is -2.01. The van der Waals surface area contributed by atoms with Crippen molar-refractivity contribution in [3.8, 4) is 0 Å². The summed E-state index contributed by atoms with van der Waals surface area (Å²) in [6, 6.07) is 7.95. The van der Waals surface area contributed by atoms with Crippen LogP contribution in [0.5, 0.6) is 0 Å². The first kappa shape index (κ1) is 15.8. The van der Waals surface area contributed by atoms with Gasteiger partial charge in [-0.05, 0) is 30.3 Å².